The van der Waals surface area contributed by atoms with E-state index in [4.69, 9.17) is 4.74 Å². The van der Waals surface area contributed by atoms with Crippen LogP contribution in [0.3, 0.4) is 0 Å². The average Bonchev–Trinajstić information content (AvgIpc) is 2.53. The molecule has 0 spiro atoms. The maximum Gasteiger partial charge on any atom is 0.224 e. The largest absolute Gasteiger partial charge is 0.497 e. The van der Waals surface area contributed by atoms with Crippen molar-refractivity contribution >= 4 is 11.6 Å². The van der Waals surface area contributed by atoms with E-state index in [0.717, 1.165) is 24.3 Å². The van der Waals surface area contributed by atoms with Gasteiger partial charge in [-0.15, -0.1) is 0 Å². The molecule has 1 rings (SSSR count). The molecule has 0 atom stereocenters. The van der Waals surface area contributed by atoms with Crippen LogP contribution in [0.15, 0.2) is 24.3 Å². The molecule has 0 fully saturated rings. The minimum absolute atomic E-state index is 0.0937. The number of hydrogen-bond acceptors (Lipinski definition) is 2. The highest BCUT2D eigenvalue weighted by Gasteiger charge is 2.03. The summed E-state index contributed by atoms with van der Waals surface area (Å²) in [7, 11) is 1.63. The molecular weight excluding hydrogens is 274 g/mol. The number of hydrogen-bond donors (Lipinski definition) is 1. The van der Waals surface area contributed by atoms with Crippen LogP contribution in [0.1, 0.15) is 71.1 Å². The summed E-state index contributed by atoms with van der Waals surface area (Å²) >= 11 is 0. The van der Waals surface area contributed by atoms with Gasteiger partial charge in [-0.25, -0.2) is 0 Å². The topological polar surface area (TPSA) is 38.3 Å². The second-order valence-corrected chi connectivity index (χ2v) is 5.86. The minimum atomic E-state index is 0.0937. The van der Waals surface area contributed by atoms with Crippen LogP contribution in [0, 0.1) is 0 Å². The molecule has 0 saturated carbocycles. The summed E-state index contributed by atoms with van der Waals surface area (Å²) in [6.07, 6.45) is 12.0. The lowest BCUT2D eigenvalue weighted by Crippen LogP contribution is -2.11. The molecule has 0 radical (unpaired) electrons. The van der Waals surface area contributed by atoms with Crippen LogP contribution < -0.4 is 10.1 Å². The van der Waals surface area contributed by atoms with E-state index >= 15 is 0 Å². The van der Waals surface area contributed by atoms with E-state index in [-0.39, 0.29) is 5.91 Å². The van der Waals surface area contributed by atoms with Crippen LogP contribution in [0.5, 0.6) is 5.75 Å². The maximum atomic E-state index is 11.9. The Kier molecular flexibility index (Phi) is 10.2. The van der Waals surface area contributed by atoms with Gasteiger partial charge in [-0.2, -0.15) is 0 Å². The number of benzene rings is 1. The molecule has 0 heterocycles. The summed E-state index contributed by atoms with van der Waals surface area (Å²) in [5.41, 5.74) is 0.806. The zero-order chi connectivity index (χ0) is 16.0. The van der Waals surface area contributed by atoms with Crippen LogP contribution in [0.25, 0.3) is 0 Å². The third kappa shape index (κ3) is 8.71. The van der Waals surface area contributed by atoms with E-state index in [1.54, 1.807) is 7.11 Å². The van der Waals surface area contributed by atoms with Gasteiger partial charge in [-0.3, -0.25) is 4.79 Å². The Balaban J connectivity index is 2.03. The van der Waals surface area contributed by atoms with Crippen molar-refractivity contribution < 1.29 is 9.53 Å². The number of carbonyl (C=O) groups excluding carboxylic acids is 1. The molecule has 0 aliphatic heterocycles. The summed E-state index contributed by atoms with van der Waals surface area (Å²) in [4.78, 5) is 11.9. The third-order valence-electron chi connectivity index (χ3n) is 3.86. The fourth-order valence-corrected chi connectivity index (χ4v) is 2.52. The SMILES string of the molecule is CCCCCCCCCCCC(=O)Nc1cccc(OC)c1. The Morgan fingerprint density at radius 1 is 1.00 bits per heavy atom. The molecule has 0 aliphatic carbocycles. The van der Waals surface area contributed by atoms with Crippen molar-refractivity contribution in [3.63, 3.8) is 0 Å². The number of ether oxygens (including phenoxy) is 1. The van der Waals surface area contributed by atoms with Gasteiger partial charge in [0.05, 0.1) is 7.11 Å². The van der Waals surface area contributed by atoms with E-state index in [9.17, 15) is 4.79 Å². The number of amides is 1. The van der Waals surface area contributed by atoms with Gasteiger partial charge in [0.2, 0.25) is 5.91 Å². The molecule has 1 amide bonds. The molecule has 124 valence electrons. The standard InChI is InChI=1S/C19H31NO2/c1-3-4-5-6-7-8-9-10-11-15-19(21)20-17-13-12-14-18(16-17)22-2/h12-14,16H,3-11,15H2,1-2H3,(H,20,21). The predicted octanol–water partition coefficient (Wildman–Crippen LogP) is 5.55. The maximum absolute atomic E-state index is 11.9. The predicted molar refractivity (Wildman–Crippen MR) is 93.5 cm³/mol. The Hall–Kier alpha value is -1.51. The van der Waals surface area contributed by atoms with E-state index in [1.807, 2.05) is 24.3 Å². The lowest BCUT2D eigenvalue weighted by atomic mass is 10.1. The lowest BCUT2D eigenvalue weighted by Gasteiger charge is -2.07. The Labute approximate surface area is 135 Å². The van der Waals surface area contributed by atoms with Crippen LogP contribution in [0.2, 0.25) is 0 Å². The molecule has 0 aliphatic rings. The summed E-state index contributed by atoms with van der Waals surface area (Å²) in [6.45, 7) is 2.25. The highest BCUT2D eigenvalue weighted by molar-refractivity contribution is 5.90. The van der Waals surface area contributed by atoms with Crippen molar-refractivity contribution in [1.29, 1.82) is 0 Å². The second kappa shape index (κ2) is 12.1. The van der Waals surface area contributed by atoms with E-state index in [1.165, 1.54) is 44.9 Å². The molecule has 1 aromatic rings. The molecule has 0 aromatic heterocycles. The zero-order valence-corrected chi connectivity index (χ0v) is 14.2. The summed E-state index contributed by atoms with van der Waals surface area (Å²) in [5, 5.41) is 2.92. The highest BCUT2D eigenvalue weighted by Crippen LogP contribution is 2.17. The van der Waals surface area contributed by atoms with Gasteiger partial charge < -0.3 is 10.1 Å². The minimum Gasteiger partial charge on any atom is -0.497 e. The molecule has 0 unspecified atom stereocenters. The van der Waals surface area contributed by atoms with Crippen molar-refractivity contribution in [2.45, 2.75) is 71.1 Å². The summed E-state index contributed by atoms with van der Waals surface area (Å²) < 4.78 is 5.15. The number of methoxy groups -OCH3 is 1. The lowest BCUT2D eigenvalue weighted by molar-refractivity contribution is -0.116. The fourth-order valence-electron chi connectivity index (χ4n) is 2.52. The first kappa shape index (κ1) is 18.5. The number of unbranched alkanes of at least 4 members (excludes halogenated alkanes) is 8. The van der Waals surface area contributed by atoms with Gasteiger partial charge in [-0.1, -0.05) is 64.4 Å². The normalized spacial score (nSPS) is 10.5. The van der Waals surface area contributed by atoms with Crippen molar-refractivity contribution in [2.75, 3.05) is 12.4 Å². The van der Waals surface area contributed by atoms with E-state index < -0.39 is 0 Å². The Morgan fingerprint density at radius 3 is 2.27 bits per heavy atom. The molecule has 3 nitrogen and oxygen atoms in total. The smallest absolute Gasteiger partial charge is 0.224 e. The fraction of sp³-hybridized carbons (Fsp3) is 0.632. The van der Waals surface area contributed by atoms with Crippen LogP contribution in [0.4, 0.5) is 5.69 Å². The van der Waals surface area contributed by atoms with Crippen molar-refractivity contribution in [3.05, 3.63) is 24.3 Å². The molecule has 0 bridgehead atoms. The first-order chi connectivity index (χ1) is 10.8. The Morgan fingerprint density at radius 2 is 1.64 bits per heavy atom. The van der Waals surface area contributed by atoms with Gasteiger partial charge in [0, 0.05) is 18.2 Å². The van der Waals surface area contributed by atoms with Crippen molar-refractivity contribution in [2.24, 2.45) is 0 Å². The zero-order valence-electron chi connectivity index (χ0n) is 14.2. The van der Waals surface area contributed by atoms with Gasteiger partial charge in [0.1, 0.15) is 5.75 Å². The monoisotopic (exact) mass is 305 g/mol. The molecule has 1 aromatic carbocycles. The van der Waals surface area contributed by atoms with Crippen LogP contribution in [-0.4, -0.2) is 13.0 Å². The molecule has 1 N–H and O–H groups in total. The van der Waals surface area contributed by atoms with Gasteiger partial charge in [0.25, 0.3) is 0 Å². The average molecular weight is 305 g/mol. The number of carbonyl (C=O) groups is 1. The second-order valence-electron chi connectivity index (χ2n) is 5.86. The van der Waals surface area contributed by atoms with Crippen molar-refractivity contribution in [3.8, 4) is 5.75 Å². The van der Waals surface area contributed by atoms with Gasteiger partial charge in [-0.05, 0) is 18.6 Å². The molecule has 22 heavy (non-hydrogen) atoms. The third-order valence-corrected chi connectivity index (χ3v) is 3.86. The van der Waals surface area contributed by atoms with E-state index in [2.05, 4.69) is 12.2 Å². The van der Waals surface area contributed by atoms with E-state index in [0.29, 0.717) is 6.42 Å². The summed E-state index contributed by atoms with van der Waals surface area (Å²) in [5.74, 6) is 0.858. The summed E-state index contributed by atoms with van der Waals surface area (Å²) in [6, 6.07) is 7.48. The number of rotatable bonds is 12. The first-order valence-electron chi connectivity index (χ1n) is 8.70. The van der Waals surface area contributed by atoms with Crippen LogP contribution >= 0.6 is 0 Å². The van der Waals surface area contributed by atoms with Gasteiger partial charge >= 0.3 is 0 Å². The van der Waals surface area contributed by atoms with Crippen LogP contribution in [-0.2, 0) is 4.79 Å². The van der Waals surface area contributed by atoms with Crippen molar-refractivity contribution in [1.82, 2.24) is 0 Å². The van der Waals surface area contributed by atoms with Gasteiger partial charge in [0.15, 0.2) is 0 Å². The quantitative estimate of drug-likeness (QED) is 0.514. The Bertz CT molecular complexity index is 418. The molecule has 3 heteroatoms. The highest BCUT2D eigenvalue weighted by atomic mass is 16.5. The number of anilines is 1. The first-order valence-corrected chi connectivity index (χ1v) is 8.70. The molecular formula is C19H31NO2. The molecule has 0 saturated heterocycles. The number of nitrogens with one attached hydrogen (secondary N) is 1.